The maximum Gasteiger partial charge on any atom is 0.280 e. The van der Waals surface area contributed by atoms with Crippen LogP contribution in [-0.4, -0.2) is 23.1 Å². The lowest BCUT2D eigenvalue weighted by Crippen LogP contribution is -2.13. The van der Waals surface area contributed by atoms with Gasteiger partial charge in [-0.25, -0.2) is 9.37 Å². The van der Waals surface area contributed by atoms with Gasteiger partial charge in [-0.1, -0.05) is 0 Å². The number of halogens is 1. The SMILES string of the molecule is Cc1nc(S(=O)(=O)Nc2ccc(O)c(F)c2)cn1C. The minimum atomic E-state index is -3.87. The summed E-state index contributed by atoms with van der Waals surface area (Å²) < 4.78 is 40.9. The number of hydrogen-bond acceptors (Lipinski definition) is 4. The molecule has 0 radical (unpaired) electrons. The number of nitrogens with one attached hydrogen (secondary N) is 1. The van der Waals surface area contributed by atoms with Crippen LogP contribution in [0.25, 0.3) is 0 Å². The number of nitrogens with zero attached hydrogens (tertiary/aromatic N) is 2. The van der Waals surface area contributed by atoms with E-state index in [0.717, 1.165) is 12.1 Å². The smallest absolute Gasteiger partial charge is 0.280 e. The molecule has 2 rings (SSSR count). The van der Waals surface area contributed by atoms with Gasteiger partial charge in [-0.3, -0.25) is 4.72 Å². The van der Waals surface area contributed by atoms with Gasteiger partial charge in [0.1, 0.15) is 5.82 Å². The number of aromatic nitrogens is 2. The van der Waals surface area contributed by atoms with E-state index in [2.05, 4.69) is 9.71 Å². The highest BCUT2D eigenvalue weighted by molar-refractivity contribution is 7.92. The number of hydrogen-bond donors (Lipinski definition) is 2. The summed E-state index contributed by atoms with van der Waals surface area (Å²) in [4.78, 5) is 3.89. The molecule has 1 aromatic carbocycles. The average Bonchev–Trinajstić information content (AvgIpc) is 2.65. The van der Waals surface area contributed by atoms with Crippen LogP contribution >= 0.6 is 0 Å². The molecule has 0 amide bonds. The van der Waals surface area contributed by atoms with Gasteiger partial charge >= 0.3 is 0 Å². The molecule has 1 aromatic heterocycles. The van der Waals surface area contributed by atoms with E-state index in [1.54, 1.807) is 18.5 Å². The van der Waals surface area contributed by atoms with Crippen molar-refractivity contribution in [1.82, 2.24) is 9.55 Å². The molecule has 0 aliphatic heterocycles. The van der Waals surface area contributed by atoms with Crippen LogP contribution in [0.15, 0.2) is 29.4 Å². The van der Waals surface area contributed by atoms with Crippen molar-refractivity contribution < 1.29 is 17.9 Å². The Morgan fingerprint density at radius 3 is 2.63 bits per heavy atom. The van der Waals surface area contributed by atoms with Crippen molar-refractivity contribution in [3.05, 3.63) is 36.0 Å². The van der Waals surface area contributed by atoms with Gasteiger partial charge in [0.05, 0.1) is 5.69 Å². The van der Waals surface area contributed by atoms with Gasteiger partial charge in [-0.2, -0.15) is 8.42 Å². The van der Waals surface area contributed by atoms with Crippen LogP contribution in [0.1, 0.15) is 5.82 Å². The zero-order valence-corrected chi connectivity index (χ0v) is 11.1. The second kappa shape index (κ2) is 4.54. The molecule has 2 N–H and O–H groups in total. The summed E-state index contributed by atoms with van der Waals surface area (Å²) >= 11 is 0. The standard InChI is InChI=1S/C11H12FN3O3S/c1-7-13-11(6-15(7)2)19(17,18)14-8-3-4-10(16)9(12)5-8/h3-6,14,16H,1-2H3. The quantitative estimate of drug-likeness (QED) is 0.834. The Morgan fingerprint density at radius 1 is 1.42 bits per heavy atom. The molecule has 0 aliphatic carbocycles. The zero-order chi connectivity index (χ0) is 14.2. The Hall–Kier alpha value is -2.09. The van der Waals surface area contributed by atoms with E-state index >= 15 is 0 Å². The normalized spacial score (nSPS) is 11.5. The van der Waals surface area contributed by atoms with E-state index in [1.807, 2.05) is 0 Å². The van der Waals surface area contributed by atoms with E-state index < -0.39 is 21.6 Å². The first-order valence-electron chi connectivity index (χ1n) is 5.31. The Bertz CT molecular complexity index is 705. The fraction of sp³-hybridized carbons (Fsp3) is 0.182. The minimum Gasteiger partial charge on any atom is -0.505 e. The van der Waals surface area contributed by atoms with Crippen molar-refractivity contribution in [3.63, 3.8) is 0 Å². The van der Waals surface area contributed by atoms with Gasteiger partial charge in [-0.05, 0) is 19.1 Å². The van der Waals surface area contributed by atoms with Crippen molar-refractivity contribution in [2.75, 3.05) is 4.72 Å². The topological polar surface area (TPSA) is 84.2 Å². The predicted octanol–water partition coefficient (Wildman–Crippen LogP) is 1.37. The molecule has 0 saturated carbocycles. The van der Waals surface area contributed by atoms with E-state index in [9.17, 15) is 12.8 Å². The van der Waals surface area contributed by atoms with Crippen LogP contribution in [0.3, 0.4) is 0 Å². The van der Waals surface area contributed by atoms with Crippen LogP contribution in [0, 0.1) is 12.7 Å². The van der Waals surface area contributed by atoms with Crippen molar-refractivity contribution in [2.24, 2.45) is 7.05 Å². The summed E-state index contributed by atoms with van der Waals surface area (Å²) in [5.74, 6) is -0.911. The summed E-state index contributed by atoms with van der Waals surface area (Å²) in [7, 11) is -2.21. The largest absolute Gasteiger partial charge is 0.505 e. The number of rotatable bonds is 3. The number of phenols is 1. The number of aryl methyl sites for hydroxylation is 2. The third-order valence-corrected chi connectivity index (χ3v) is 3.81. The molecule has 0 saturated heterocycles. The second-order valence-electron chi connectivity index (χ2n) is 4.01. The van der Waals surface area contributed by atoms with E-state index in [0.29, 0.717) is 5.82 Å². The van der Waals surface area contributed by atoms with Gasteiger partial charge in [0.25, 0.3) is 10.0 Å². The maximum atomic E-state index is 13.1. The van der Waals surface area contributed by atoms with Crippen molar-refractivity contribution in [2.45, 2.75) is 11.9 Å². The van der Waals surface area contributed by atoms with Gasteiger partial charge in [0.15, 0.2) is 16.6 Å². The van der Waals surface area contributed by atoms with E-state index in [-0.39, 0.29) is 10.7 Å². The minimum absolute atomic E-state index is 0.0126. The molecule has 1 heterocycles. The second-order valence-corrected chi connectivity index (χ2v) is 5.64. The number of phenolic OH excluding ortho intramolecular Hbond substituents is 1. The Balaban J connectivity index is 2.33. The third kappa shape index (κ3) is 2.68. The zero-order valence-electron chi connectivity index (χ0n) is 10.3. The fourth-order valence-corrected chi connectivity index (χ4v) is 2.52. The third-order valence-electron chi connectivity index (χ3n) is 2.56. The van der Waals surface area contributed by atoms with Crippen molar-refractivity contribution >= 4 is 15.7 Å². The van der Waals surface area contributed by atoms with Crippen molar-refractivity contribution in [3.8, 4) is 5.75 Å². The Kier molecular flexibility index (Phi) is 3.19. The maximum absolute atomic E-state index is 13.1. The molecule has 0 atom stereocenters. The molecule has 0 spiro atoms. The Labute approximate surface area is 109 Å². The van der Waals surface area contributed by atoms with Gasteiger partial charge < -0.3 is 9.67 Å². The molecule has 8 heteroatoms. The fourth-order valence-electron chi connectivity index (χ4n) is 1.43. The van der Waals surface area contributed by atoms with Crippen LogP contribution in [0.4, 0.5) is 10.1 Å². The van der Waals surface area contributed by atoms with Gasteiger partial charge in [0, 0.05) is 19.3 Å². The highest BCUT2D eigenvalue weighted by Crippen LogP contribution is 2.21. The first-order valence-corrected chi connectivity index (χ1v) is 6.79. The van der Waals surface area contributed by atoms with Gasteiger partial charge in [0.2, 0.25) is 0 Å². The lowest BCUT2D eigenvalue weighted by atomic mass is 10.3. The number of imidazole rings is 1. The molecule has 19 heavy (non-hydrogen) atoms. The van der Waals surface area contributed by atoms with Crippen LogP contribution in [0.2, 0.25) is 0 Å². The van der Waals surface area contributed by atoms with Crippen LogP contribution in [-0.2, 0) is 17.1 Å². The summed E-state index contributed by atoms with van der Waals surface area (Å²) in [6.07, 6.45) is 1.36. The molecule has 6 nitrogen and oxygen atoms in total. The van der Waals surface area contributed by atoms with Gasteiger partial charge in [-0.15, -0.1) is 0 Å². The predicted molar refractivity (Wildman–Crippen MR) is 66.8 cm³/mol. The summed E-state index contributed by atoms with van der Waals surface area (Å²) in [6, 6.07) is 3.21. The van der Waals surface area contributed by atoms with Crippen LogP contribution < -0.4 is 4.72 Å². The number of benzene rings is 1. The lowest BCUT2D eigenvalue weighted by Gasteiger charge is -2.06. The van der Waals surface area contributed by atoms with Crippen molar-refractivity contribution in [1.29, 1.82) is 0 Å². The highest BCUT2D eigenvalue weighted by Gasteiger charge is 2.19. The summed E-state index contributed by atoms with van der Waals surface area (Å²) in [5.41, 5.74) is 0.0126. The number of aromatic hydroxyl groups is 1. The first kappa shape index (κ1) is 13.3. The number of sulfonamides is 1. The molecular weight excluding hydrogens is 273 g/mol. The Morgan fingerprint density at radius 2 is 2.11 bits per heavy atom. The number of anilines is 1. The van der Waals surface area contributed by atoms with E-state index in [1.165, 1.54) is 12.3 Å². The van der Waals surface area contributed by atoms with Crippen LogP contribution in [0.5, 0.6) is 5.75 Å². The lowest BCUT2D eigenvalue weighted by molar-refractivity contribution is 0.432. The summed E-state index contributed by atoms with van der Waals surface area (Å²) in [5, 5.41) is 8.88. The van der Waals surface area contributed by atoms with E-state index in [4.69, 9.17) is 5.11 Å². The average molecular weight is 285 g/mol. The molecule has 0 fully saturated rings. The molecule has 0 aliphatic rings. The monoisotopic (exact) mass is 285 g/mol. The molecule has 2 aromatic rings. The molecule has 102 valence electrons. The molecular formula is C11H12FN3O3S. The summed E-state index contributed by atoms with van der Waals surface area (Å²) in [6.45, 7) is 1.67. The highest BCUT2D eigenvalue weighted by atomic mass is 32.2. The molecule has 0 unspecified atom stereocenters. The molecule has 0 bridgehead atoms. The first-order chi connectivity index (χ1) is 8.79.